The van der Waals surface area contributed by atoms with Crippen molar-refractivity contribution in [2.24, 2.45) is 4.99 Å². The van der Waals surface area contributed by atoms with Crippen LogP contribution in [0.4, 0.5) is 0 Å². The van der Waals surface area contributed by atoms with E-state index in [0.717, 1.165) is 9.25 Å². The van der Waals surface area contributed by atoms with Crippen LogP contribution in [0.2, 0.25) is 0 Å². The van der Waals surface area contributed by atoms with Crippen LogP contribution in [-0.4, -0.2) is 15.7 Å². The van der Waals surface area contributed by atoms with E-state index in [1.54, 1.807) is 11.3 Å². The third kappa shape index (κ3) is 2.35. The molecule has 2 rings (SSSR count). The Labute approximate surface area is 101 Å². The van der Waals surface area contributed by atoms with E-state index in [2.05, 4.69) is 4.99 Å². The summed E-state index contributed by atoms with van der Waals surface area (Å²) < 4.78 is 0.834. The number of thiophene rings is 1. The molecule has 1 aromatic rings. The van der Waals surface area contributed by atoms with Crippen LogP contribution in [0.3, 0.4) is 0 Å². The Morgan fingerprint density at radius 3 is 2.87 bits per heavy atom. The smallest absolute Gasteiger partial charge is 0.244 e. The number of carbonyl (C=O) groups is 1. The average molecular weight is 255 g/mol. The second-order valence-electron chi connectivity index (χ2n) is 2.97. The molecule has 78 valence electrons. The van der Waals surface area contributed by atoms with Crippen LogP contribution in [0.5, 0.6) is 0 Å². The molecule has 0 fully saturated rings. The Hall–Kier alpha value is -0.520. The monoisotopic (exact) mass is 255 g/mol. The Kier molecular flexibility index (Phi) is 3.33. The SMILES string of the molecule is CSC1=NC(=Cc2sccc2C)C(=O)S1. The van der Waals surface area contributed by atoms with Crippen molar-refractivity contribution >= 4 is 50.4 Å². The predicted octanol–water partition coefficient (Wildman–Crippen LogP) is 3.39. The van der Waals surface area contributed by atoms with Gasteiger partial charge >= 0.3 is 0 Å². The van der Waals surface area contributed by atoms with Crippen LogP contribution >= 0.6 is 34.9 Å². The minimum Gasteiger partial charge on any atom is -0.279 e. The van der Waals surface area contributed by atoms with Gasteiger partial charge in [-0.3, -0.25) is 4.79 Å². The van der Waals surface area contributed by atoms with E-state index >= 15 is 0 Å². The van der Waals surface area contributed by atoms with E-state index in [4.69, 9.17) is 0 Å². The lowest BCUT2D eigenvalue weighted by molar-refractivity contribution is -0.107. The molecule has 0 atom stereocenters. The lowest BCUT2D eigenvalue weighted by Gasteiger charge is -1.91. The summed E-state index contributed by atoms with van der Waals surface area (Å²) in [4.78, 5) is 16.9. The molecule has 1 aliphatic rings. The highest BCUT2D eigenvalue weighted by atomic mass is 32.2. The number of aryl methyl sites for hydroxylation is 1. The molecule has 0 radical (unpaired) electrons. The summed E-state index contributed by atoms with van der Waals surface area (Å²) in [6.07, 6.45) is 3.80. The summed E-state index contributed by atoms with van der Waals surface area (Å²) >= 11 is 4.36. The van der Waals surface area contributed by atoms with Gasteiger partial charge in [0.25, 0.3) is 0 Å². The molecule has 1 aromatic heterocycles. The first-order chi connectivity index (χ1) is 7.20. The molecule has 5 heteroatoms. The minimum absolute atomic E-state index is 0.0483. The normalized spacial score (nSPS) is 18.7. The highest BCUT2D eigenvalue weighted by Gasteiger charge is 2.21. The van der Waals surface area contributed by atoms with Crippen LogP contribution in [-0.2, 0) is 4.79 Å². The molecule has 0 aromatic carbocycles. The quantitative estimate of drug-likeness (QED) is 0.720. The van der Waals surface area contributed by atoms with Crippen molar-refractivity contribution in [1.29, 1.82) is 0 Å². The fourth-order valence-corrected chi connectivity index (χ4v) is 3.25. The highest BCUT2D eigenvalue weighted by Crippen LogP contribution is 2.31. The first-order valence-electron chi connectivity index (χ1n) is 4.31. The van der Waals surface area contributed by atoms with Crippen molar-refractivity contribution in [3.05, 3.63) is 27.6 Å². The molecule has 0 unspecified atom stereocenters. The number of rotatable bonds is 1. The summed E-state index contributed by atoms with van der Waals surface area (Å²) in [7, 11) is 0. The van der Waals surface area contributed by atoms with Gasteiger partial charge in [-0.2, -0.15) is 0 Å². The molecule has 0 N–H and O–H groups in total. The minimum atomic E-state index is 0.0483. The van der Waals surface area contributed by atoms with Crippen molar-refractivity contribution in [3.8, 4) is 0 Å². The zero-order chi connectivity index (χ0) is 10.8. The topological polar surface area (TPSA) is 29.4 Å². The van der Waals surface area contributed by atoms with Gasteiger partial charge in [0.15, 0.2) is 0 Å². The maximum absolute atomic E-state index is 11.6. The van der Waals surface area contributed by atoms with Crippen LogP contribution in [0.1, 0.15) is 10.4 Å². The number of carbonyl (C=O) groups excluding carboxylic acids is 1. The van der Waals surface area contributed by atoms with Gasteiger partial charge in [-0.1, -0.05) is 0 Å². The first kappa shape index (κ1) is 11.0. The largest absolute Gasteiger partial charge is 0.279 e. The Morgan fingerprint density at radius 1 is 1.53 bits per heavy atom. The number of hydrogen-bond acceptors (Lipinski definition) is 5. The van der Waals surface area contributed by atoms with Crippen LogP contribution in [0, 0.1) is 6.92 Å². The number of nitrogens with zero attached hydrogens (tertiary/aromatic N) is 1. The van der Waals surface area contributed by atoms with Gasteiger partial charge < -0.3 is 0 Å². The summed E-state index contributed by atoms with van der Waals surface area (Å²) in [6, 6.07) is 2.04. The molecule has 0 spiro atoms. The van der Waals surface area contributed by atoms with Crippen molar-refractivity contribution in [2.45, 2.75) is 6.92 Å². The second-order valence-corrected chi connectivity index (χ2v) is 5.93. The zero-order valence-corrected chi connectivity index (χ0v) is 10.8. The van der Waals surface area contributed by atoms with Crippen LogP contribution in [0.25, 0.3) is 6.08 Å². The third-order valence-electron chi connectivity index (χ3n) is 1.95. The summed E-state index contributed by atoms with van der Waals surface area (Å²) in [5.74, 6) is 0. The molecule has 2 nitrogen and oxygen atoms in total. The Morgan fingerprint density at radius 2 is 2.33 bits per heavy atom. The highest BCUT2D eigenvalue weighted by molar-refractivity contribution is 8.45. The average Bonchev–Trinajstić information content (AvgIpc) is 2.76. The number of aliphatic imine (C=N–C) groups is 1. The van der Waals surface area contributed by atoms with E-state index in [-0.39, 0.29) is 5.12 Å². The maximum atomic E-state index is 11.6. The lowest BCUT2D eigenvalue weighted by Crippen LogP contribution is -1.87. The molecule has 0 saturated heterocycles. The molecule has 0 amide bonds. The molecule has 0 aliphatic carbocycles. The van der Waals surface area contributed by atoms with Crippen LogP contribution in [0.15, 0.2) is 22.1 Å². The molecular formula is C10H9NOS3. The molecule has 1 aliphatic heterocycles. The summed E-state index contributed by atoms with van der Waals surface area (Å²) in [5, 5.41) is 2.07. The first-order valence-corrected chi connectivity index (χ1v) is 7.23. The van der Waals surface area contributed by atoms with Crippen LogP contribution < -0.4 is 0 Å². The van der Waals surface area contributed by atoms with Gasteiger partial charge in [-0.15, -0.1) is 23.1 Å². The predicted molar refractivity (Wildman–Crippen MR) is 70.6 cm³/mol. The van der Waals surface area contributed by atoms with Gasteiger partial charge in [0.2, 0.25) is 5.12 Å². The van der Waals surface area contributed by atoms with Crippen molar-refractivity contribution < 1.29 is 4.79 Å². The number of hydrogen-bond donors (Lipinski definition) is 0. The van der Waals surface area contributed by atoms with Gasteiger partial charge in [0.1, 0.15) is 10.1 Å². The number of thioether (sulfide) groups is 2. The third-order valence-corrected chi connectivity index (χ3v) is 4.76. The van der Waals surface area contributed by atoms with Gasteiger partial charge in [-0.05, 0) is 48.0 Å². The molecule has 0 bridgehead atoms. The zero-order valence-electron chi connectivity index (χ0n) is 8.31. The fourth-order valence-electron chi connectivity index (χ4n) is 1.13. The molecular weight excluding hydrogens is 246 g/mol. The van der Waals surface area contributed by atoms with Crippen molar-refractivity contribution in [1.82, 2.24) is 0 Å². The van der Waals surface area contributed by atoms with Crippen molar-refractivity contribution in [3.63, 3.8) is 0 Å². The van der Waals surface area contributed by atoms with E-state index in [0.29, 0.717) is 5.70 Å². The molecule has 2 heterocycles. The Bertz CT molecular complexity index is 459. The second kappa shape index (κ2) is 4.55. The van der Waals surface area contributed by atoms with Gasteiger partial charge in [0.05, 0.1) is 0 Å². The summed E-state index contributed by atoms with van der Waals surface area (Å²) in [6.45, 7) is 2.04. The lowest BCUT2D eigenvalue weighted by atomic mass is 10.2. The fraction of sp³-hybridized carbons (Fsp3) is 0.200. The van der Waals surface area contributed by atoms with E-state index in [9.17, 15) is 4.79 Å². The Balaban J connectivity index is 2.32. The van der Waals surface area contributed by atoms with Crippen molar-refractivity contribution in [2.75, 3.05) is 6.26 Å². The van der Waals surface area contributed by atoms with E-state index < -0.39 is 0 Å². The van der Waals surface area contributed by atoms with E-state index in [1.165, 1.54) is 29.1 Å². The van der Waals surface area contributed by atoms with Gasteiger partial charge in [-0.25, -0.2) is 4.99 Å². The maximum Gasteiger partial charge on any atom is 0.244 e. The molecule has 0 saturated carbocycles. The standard InChI is InChI=1S/C10H9NOS3/c1-6-3-4-14-8(6)5-7-9(12)15-10(11-7)13-2/h3-5H,1-2H3. The molecule has 15 heavy (non-hydrogen) atoms. The van der Waals surface area contributed by atoms with E-state index in [1.807, 2.05) is 30.7 Å². The van der Waals surface area contributed by atoms with Gasteiger partial charge in [0, 0.05) is 4.88 Å². The summed E-state index contributed by atoms with van der Waals surface area (Å²) in [5.41, 5.74) is 1.76.